The van der Waals surface area contributed by atoms with Gasteiger partial charge in [-0.2, -0.15) is 0 Å². The molecule has 2 N–H and O–H groups in total. The van der Waals surface area contributed by atoms with E-state index in [1.54, 1.807) is 12.1 Å². The predicted octanol–water partition coefficient (Wildman–Crippen LogP) is 1.91. The van der Waals surface area contributed by atoms with Crippen LogP contribution in [-0.2, 0) is 11.2 Å². The van der Waals surface area contributed by atoms with Crippen molar-refractivity contribution >= 4 is 17.3 Å². The topological polar surface area (TPSA) is 78.4 Å². The van der Waals surface area contributed by atoms with Crippen LogP contribution < -0.4 is 5.73 Å². The zero-order valence-electron chi connectivity index (χ0n) is 9.19. The lowest BCUT2D eigenvalue weighted by Crippen LogP contribution is -2.42. The van der Waals surface area contributed by atoms with E-state index in [1.165, 1.54) is 6.07 Å². The van der Waals surface area contributed by atoms with E-state index in [0.717, 1.165) is 0 Å². The Morgan fingerprint density at radius 1 is 1.59 bits per heavy atom. The van der Waals surface area contributed by atoms with Crippen molar-refractivity contribution in [2.45, 2.75) is 18.4 Å². The number of nitrogens with zero attached hydrogens (tertiary/aromatic N) is 1. The Morgan fingerprint density at radius 2 is 2.35 bits per heavy atom. The predicted molar refractivity (Wildman–Crippen MR) is 64.2 cm³/mol. The van der Waals surface area contributed by atoms with Gasteiger partial charge in [-0.25, -0.2) is 0 Å². The highest BCUT2D eigenvalue weighted by Crippen LogP contribution is 2.31. The first-order valence-electron chi connectivity index (χ1n) is 5.30. The molecule has 1 saturated heterocycles. The Morgan fingerprint density at radius 3 is 2.94 bits per heavy atom. The van der Waals surface area contributed by atoms with Crippen molar-refractivity contribution in [2.24, 2.45) is 5.73 Å². The van der Waals surface area contributed by atoms with Gasteiger partial charge in [0.2, 0.25) is 0 Å². The number of nitro benzene ring substituents is 1. The van der Waals surface area contributed by atoms with E-state index in [4.69, 9.17) is 22.1 Å². The molecule has 1 aliphatic heterocycles. The molecule has 0 aliphatic carbocycles. The molecule has 0 amide bonds. The molecule has 1 unspecified atom stereocenters. The standard InChI is InChI=1S/C11H13ClN2O3/c12-9-2-1-3-10(14(15)16)8(9)6-11(13)4-5-17-7-11/h1-3H,4-7,13H2. The molecule has 0 radical (unpaired) electrons. The van der Waals surface area contributed by atoms with Crippen molar-refractivity contribution < 1.29 is 9.66 Å². The quantitative estimate of drug-likeness (QED) is 0.662. The van der Waals surface area contributed by atoms with Gasteiger partial charge in [0.15, 0.2) is 0 Å². The van der Waals surface area contributed by atoms with Crippen molar-refractivity contribution in [1.82, 2.24) is 0 Å². The highest BCUT2D eigenvalue weighted by Gasteiger charge is 2.33. The monoisotopic (exact) mass is 256 g/mol. The molecule has 1 aromatic carbocycles. The van der Waals surface area contributed by atoms with E-state index in [1.807, 2.05) is 0 Å². The molecule has 5 nitrogen and oxygen atoms in total. The minimum atomic E-state index is -0.546. The third kappa shape index (κ3) is 2.57. The number of rotatable bonds is 3. The van der Waals surface area contributed by atoms with Gasteiger partial charge in [0, 0.05) is 24.6 Å². The zero-order valence-corrected chi connectivity index (χ0v) is 9.94. The summed E-state index contributed by atoms with van der Waals surface area (Å²) < 4.78 is 5.23. The first-order chi connectivity index (χ1) is 8.02. The Balaban J connectivity index is 2.34. The van der Waals surface area contributed by atoms with Gasteiger partial charge in [-0.05, 0) is 12.5 Å². The summed E-state index contributed by atoms with van der Waals surface area (Å²) in [6.45, 7) is 1.00. The molecular formula is C11H13ClN2O3. The van der Waals surface area contributed by atoms with E-state index in [9.17, 15) is 10.1 Å². The van der Waals surface area contributed by atoms with Crippen LogP contribution in [0.15, 0.2) is 18.2 Å². The maximum absolute atomic E-state index is 10.9. The van der Waals surface area contributed by atoms with Crippen LogP contribution in [0.5, 0.6) is 0 Å². The van der Waals surface area contributed by atoms with Gasteiger partial charge in [-0.3, -0.25) is 10.1 Å². The van der Waals surface area contributed by atoms with E-state index in [0.29, 0.717) is 36.6 Å². The highest BCUT2D eigenvalue weighted by atomic mass is 35.5. The lowest BCUT2D eigenvalue weighted by Gasteiger charge is -2.22. The number of halogens is 1. The molecule has 1 atom stereocenters. The second kappa shape index (κ2) is 4.60. The molecule has 6 heteroatoms. The van der Waals surface area contributed by atoms with Gasteiger partial charge < -0.3 is 10.5 Å². The molecule has 1 fully saturated rings. The largest absolute Gasteiger partial charge is 0.379 e. The van der Waals surface area contributed by atoms with E-state index in [2.05, 4.69) is 0 Å². The Hall–Kier alpha value is -1.17. The Labute approximate surface area is 104 Å². The number of nitrogens with two attached hydrogens (primary N) is 1. The summed E-state index contributed by atoms with van der Waals surface area (Å²) in [6, 6.07) is 4.65. The Bertz CT molecular complexity index is 444. The summed E-state index contributed by atoms with van der Waals surface area (Å²) in [7, 11) is 0. The SMILES string of the molecule is NC1(Cc2c(Cl)cccc2[N+](=O)[O-])CCOC1. The van der Waals surface area contributed by atoms with E-state index in [-0.39, 0.29) is 5.69 Å². The van der Waals surface area contributed by atoms with Crippen LogP contribution in [0.1, 0.15) is 12.0 Å². The van der Waals surface area contributed by atoms with Gasteiger partial charge >= 0.3 is 0 Å². The van der Waals surface area contributed by atoms with Gasteiger partial charge in [0.25, 0.3) is 5.69 Å². The van der Waals surface area contributed by atoms with Crippen molar-refractivity contribution in [2.75, 3.05) is 13.2 Å². The minimum Gasteiger partial charge on any atom is -0.379 e. The molecule has 1 aromatic rings. The zero-order chi connectivity index (χ0) is 12.5. The van der Waals surface area contributed by atoms with Crippen LogP contribution in [0, 0.1) is 10.1 Å². The van der Waals surface area contributed by atoms with Crippen molar-refractivity contribution in [3.8, 4) is 0 Å². The highest BCUT2D eigenvalue weighted by molar-refractivity contribution is 6.31. The number of hydrogen-bond donors (Lipinski definition) is 1. The summed E-state index contributed by atoms with van der Waals surface area (Å²) in [5.41, 5.74) is 6.09. The molecule has 0 bridgehead atoms. The molecule has 1 aliphatic rings. The first-order valence-corrected chi connectivity index (χ1v) is 5.68. The third-order valence-electron chi connectivity index (χ3n) is 2.95. The van der Waals surface area contributed by atoms with E-state index < -0.39 is 10.5 Å². The second-order valence-corrected chi connectivity index (χ2v) is 4.74. The normalized spacial score (nSPS) is 23.9. The second-order valence-electron chi connectivity index (χ2n) is 4.34. The smallest absolute Gasteiger partial charge is 0.274 e. The summed E-state index contributed by atoms with van der Waals surface area (Å²) in [6.07, 6.45) is 1.05. The summed E-state index contributed by atoms with van der Waals surface area (Å²) in [4.78, 5) is 10.5. The Kier molecular flexibility index (Phi) is 3.33. The van der Waals surface area contributed by atoms with Crippen LogP contribution in [0.4, 0.5) is 5.69 Å². The first kappa shape index (κ1) is 12.3. The van der Waals surface area contributed by atoms with Gasteiger partial charge in [-0.15, -0.1) is 0 Å². The number of ether oxygens (including phenoxy) is 1. The fourth-order valence-corrected chi connectivity index (χ4v) is 2.24. The van der Waals surface area contributed by atoms with Crippen LogP contribution in [0.2, 0.25) is 5.02 Å². The van der Waals surface area contributed by atoms with Crippen molar-refractivity contribution in [3.05, 3.63) is 38.9 Å². The lowest BCUT2D eigenvalue weighted by molar-refractivity contribution is -0.385. The maximum Gasteiger partial charge on any atom is 0.274 e. The fraction of sp³-hybridized carbons (Fsp3) is 0.455. The molecule has 1 heterocycles. The molecule has 0 spiro atoms. The van der Waals surface area contributed by atoms with Crippen LogP contribution in [0.25, 0.3) is 0 Å². The van der Waals surface area contributed by atoms with Gasteiger partial charge in [0.05, 0.1) is 22.1 Å². The maximum atomic E-state index is 10.9. The molecule has 2 rings (SSSR count). The van der Waals surface area contributed by atoms with Gasteiger partial charge in [0.1, 0.15) is 0 Å². The number of benzene rings is 1. The van der Waals surface area contributed by atoms with Crippen LogP contribution in [-0.4, -0.2) is 23.7 Å². The summed E-state index contributed by atoms with van der Waals surface area (Å²) >= 11 is 6.01. The van der Waals surface area contributed by atoms with Gasteiger partial charge in [-0.1, -0.05) is 17.7 Å². The molecule has 0 aromatic heterocycles. The molecule has 17 heavy (non-hydrogen) atoms. The molecular weight excluding hydrogens is 244 g/mol. The van der Waals surface area contributed by atoms with Crippen molar-refractivity contribution in [1.29, 1.82) is 0 Å². The van der Waals surface area contributed by atoms with Crippen molar-refractivity contribution in [3.63, 3.8) is 0 Å². The third-order valence-corrected chi connectivity index (χ3v) is 3.31. The minimum absolute atomic E-state index is 0.0224. The summed E-state index contributed by atoms with van der Waals surface area (Å²) in [5, 5.41) is 11.3. The van der Waals surface area contributed by atoms with Crippen LogP contribution in [0.3, 0.4) is 0 Å². The van der Waals surface area contributed by atoms with E-state index >= 15 is 0 Å². The molecule has 92 valence electrons. The lowest BCUT2D eigenvalue weighted by atomic mass is 9.90. The van der Waals surface area contributed by atoms with Crippen LogP contribution >= 0.6 is 11.6 Å². The number of nitro groups is 1. The summed E-state index contributed by atoms with van der Waals surface area (Å²) in [5.74, 6) is 0. The average Bonchev–Trinajstić information content (AvgIpc) is 2.68. The number of hydrogen-bond acceptors (Lipinski definition) is 4. The fourth-order valence-electron chi connectivity index (χ4n) is 2.01. The molecule has 0 saturated carbocycles. The average molecular weight is 257 g/mol.